The molecule has 2 fully saturated rings. The topological polar surface area (TPSA) is 145 Å². The number of anilines is 2. The summed E-state index contributed by atoms with van der Waals surface area (Å²) in [6.45, 7) is 3.27. The standard InChI is InChI=1S/C30H27N3O7/c1-3-16-4-10-21-20(12-16)30(29(39)31-21)26-25(22(32-30)13-17-5-11-23(35)24(36)14-17)27(37)33(28(26)38)18-6-8-19(9-7-18)40-15(2)34/h4-12,14,22,25-26,32,35-36H,3,13H2,1-2H3,(H,31,39)/t22-,25-,26-,30-/m1/s1. The number of ether oxygens (including phenoxy) is 1. The molecule has 204 valence electrons. The number of nitrogens with zero attached hydrogens (tertiary/aromatic N) is 1. The molecule has 0 radical (unpaired) electrons. The van der Waals surface area contributed by atoms with E-state index in [0.29, 0.717) is 22.5 Å². The van der Waals surface area contributed by atoms with Gasteiger partial charge in [-0.3, -0.25) is 24.5 Å². The van der Waals surface area contributed by atoms with Crippen LogP contribution in [0.25, 0.3) is 0 Å². The number of aryl methyl sites for hydroxylation is 1. The minimum Gasteiger partial charge on any atom is -0.504 e. The van der Waals surface area contributed by atoms with Gasteiger partial charge in [0.2, 0.25) is 17.7 Å². The van der Waals surface area contributed by atoms with Gasteiger partial charge in [0, 0.05) is 24.2 Å². The maximum Gasteiger partial charge on any atom is 0.308 e. The quantitative estimate of drug-likeness (QED) is 0.167. The normalized spacial score (nSPS) is 24.8. The molecule has 4 N–H and O–H groups in total. The van der Waals surface area contributed by atoms with Gasteiger partial charge in [0.25, 0.3) is 0 Å². The van der Waals surface area contributed by atoms with Crippen molar-refractivity contribution < 1.29 is 34.1 Å². The molecule has 0 aromatic heterocycles. The molecule has 3 aliphatic heterocycles. The number of carbonyl (C=O) groups is 4. The lowest BCUT2D eigenvalue weighted by atomic mass is 9.76. The number of fused-ring (bicyclic) bond motifs is 4. The molecule has 0 bridgehead atoms. The second kappa shape index (κ2) is 9.20. The van der Waals surface area contributed by atoms with Gasteiger partial charge in [-0.25, -0.2) is 4.90 Å². The average Bonchev–Trinajstić information content (AvgIpc) is 3.50. The van der Waals surface area contributed by atoms with Gasteiger partial charge in [-0.15, -0.1) is 0 Å². The van der Waals surface area contributed by atoms with E-state index >= 15 is 0 Å². The first-order valence-corrected chi connectivity index (χ1v) is 13.0. The molecule has 4 atom stereocenters. The van der Waals surface area contributed by atoms with Gasteiger partial charge in [-0.05, 0) is 66.4 Å². The van der Waals surface area contributed by atoms with Crippen molar-refractivity contribution in [3.63, 3.8) is 0 Å². The molecule has 0 saturated carbocycles. The summed E-state index contributed by atoms with van der Waals surface area (Å²) >= 11 is 0. The Morgan fingerprint density at radius 2 is 1.68 bits per heavy atom. The van der Waals surface area contributed by atoms with Crippen LogP contribution in [0.3, 0.4) is 0 Å². The van der Waals surface area contributed by atoms with Gasteiger partial charge < -0.3 is 20.3 Å². The summed E-state index contributed by atoms with van der Waals surface area (Å²) in [5.41, 5.74) is 1.63. The highest BCUT2D eigenvalue weighted by molar-refractivity contribution is 6.25. The van der Waals surface area contributed by atoms with Crippen molar-refractivity contribution >= 4 is 35.1 Å². The van der Waals surface area contributed by atoms with Crippen LogP contribution in [0.5, 0.6) is 17.2 Å². The van der Waals surface area contributed by atoms with Gasteiger partial charge in [0.15, 0.2) is 11.5 Å². The summed E-state index contributed by atoms with van der Waals surface area (Å²) in [4.78, 5) is 54.4. The summed E-state index contributed by atoms with van der Waals surface area (Å²) in [5.74, 6) is -4.10. The Labute approximate surface area is 229 Å². The molecular weight excluding hydrogens is 514 g/mol. The van der Waals surface area contributed by atoms with Gasteiger partial charge in [-0.1, -0.05) is 25.1 Å². The molecule has 2 saturated heterocycles. The predicted molar refractivity (Wildman–Crippen MR) is 144 cm³/mol. The van der Waals surface area contributed by atoms with Crippen LogP contribution in [0.15, 0.2) is 60.7 Å². The number of hydrogen-bond acceptors (Lipinski definition) is 8. The Morgan fingerprint density at radius 3 is 2.35 bits per heavy atom. The lowest BCUT2D eigenvalue weighted by molar-refractivity contribution is -0.132. The zero-order valence-electron chi connectivity index (χ0n) is 21.8. The summed E-state index contributed by atoms with van der Waals surface area (Å²) in [6, 6.07) is 15.4. The van der Waals surface area contributed by atoms with E-state index in [9.17, 15) is 29.4 Å². The van der Waals surface area contributed by atoms with E-state index in [-0.39, 0.29) is 23.7 Å². The number of phenols is 2. The SMILES string of the molecule is CCc1ccc2c(c1)[C@]1(N[C@H](Cc3ccc(O)c(O)c3)[C@H]3C(=O)N(c4ccc(OC(C)=O)cc4)C(=O)[C@@H]31)C(=O)N2. The van der Waals surface area contributed by atoms with Gasteiger partial charge in [0.1, 0.15) is 11.3 Å². The second-order valence-electron chi connectivity index (χ2n) is 10.4. The first kappa shape index (κ1) is 25.6. The lowest BCUT2D eigenvalue weighted by Gasteiger charge is -2.30. The van der Waals surface area contributed by atoms with E-state index in [1.54, 1.807) is 6.07 Å². The molecule has 0 aliphatic carbocycles. The number of benzene rings is 3. The Kier molecular flexibility index (Phi) is 5.88. The Hall–Kier alpha value is -4.70. The van der Waals surface area contributed by atoms with Crippen molar-refractivity contribution in [2.45, 2.75) is 38.3 Å². The Morgan fingerprint density at radius 1 is 0.950 bits per heavy atom. The number of nitrogens with one attached hydrogen (secondary N) is 2. The number of carbonyl (C=O) groups excluding carboxylic acids is 4. The number of imide groups is 1. The number of rotatable bonds is 5. The summed E-state index contributed by atoms with van der Waals surface area (Å²) in [5, 5.41) is 26.1. The second-order valence-corrected chi connectivity index (χ2v) is 10.4. The summed E-state index contributed by atoms with van der Waals surface area (Å²) in [6.07, 6.45) is 0.931. The number of hydrogen-bond donors (Lipinski definition) is 4. The van der Waals surface area contributed by atoms with Crippen LogP contribution >= 0.6 is 0 Å². The Bertz CT molecular complexity index is 1580. The predicted octanol–water partition coefficient (Wildman–Crippen LogP) is 2.75. The molecule has 10 nitrogen and oxygen atoms in total. The van der Waals surface area contributed by atoms with E-state index < -0.39 is 47.1 Å². The number of amides is 3. The number of aromatic hydroxyl groups is 2. The fourth-order valence-electron chi connectivity index (χ4n) is 6.28. The van der Waals surface area contributed by atoms with E-state index in [0.717, 1.165) is 16.9 Å². The molecule has 40 heavy (non-hydrogen) atoms. The van der Waals surface area contributed by atoms with Crippen molar-refractivity contribution in [3.05, 3.63) is 77.4 Å². The minimum atomic E-state index is -1.48. The third-order valence-corrected chi connectivity index (χ3v) is 8.04. The van der Waals surface area contributed by atoms with Crippen molar-refractivity contribution in [1.82, 2.24) is 5.32 Å². The molecule has 3 amide bonds. The maximum absolute atomic E-state index is 14.2. The van der Waals surface area contributed by atoms with E-state index in [4.69, 9.17) is 4.74 Å². The molecule has 1 spiro atoms. The molecule has 3 aliphatic rings. The molecule has 3 aromatic rings. The average molecular weight is 542 g/mol. The van der Waals surface area contributed by atoms with E-state index in [1.807, 2.05) is 25.1 Å². The fraction of sp³-hybridized carbons (Fsp3) is 0.267. The minimum absolute atomic E-state index is 0.213. The van der Waals surface area contributed by atoms with Crippen molar-refractivity contribution in [2.24, 2.45) is 11.8 Å². The van der Waals surface area contributed by atoms with Gasteiger partial charge in [-0.2, -0.15) is 0 Å². The summed E-state index contributed by atoms with van der Waals surface area (Å²) in [7, 11) is 0. The fourth-order valence-corrected chi connectivity index (χ4v) is 6.28. The number of phenolic OH excluding ortho intramolecular Hbond substituents is 2. The monoisotopic (exact) mass is 541 g/mol. The van der Waals surface area contributed by atoms with Gasteiger partial charge in [0.05, 0.1) is 17.5 Å². The van der Waals surface area contributed by atoms with Crippen LogP contribution in [0.1, 0.15) is 30.5 Å². The molecule has 3 heterocycles. The van der Waals surface area contributed by atoms with Crippen molar-refractivity contribution in [1.29, 1.82) is 0 Å². The van der Waals surface area contributed by atoms with Crippen LogP contribution in [-0.2, 0) is 37.6 Å². The molecule has 10 heteroatoms. The third kappa shape index (κ3) is 3.75. The third-order valence-electron chi connectivity index (χ3n) is 8.04. The van der Waals surface area contributed by atoms with Crippen LogP contribution in [0.2, 0.25) is 0 Å². The van der Waals surface area contributed by atoms with Gasteiger partial charge >= 0.3 is 5.97 Å². The molecular formula is C30H27N3O7. The smallest absolute Gasteiger partial charge is 0.308 e. The van der Waals surface area contributed by atoms with Crippen molar-refractivity contribution in [2.75, 3.05) is 10.2 Å². The highest BCUT2D eigenvalue weighted by Crippen LogP contribution is 2.54. The molecule has 0 unspecified atom stereocenters. The van der Waals surface area contributed by atoms with E-state index in [2.05, 4.69) is 10.6 Å². The van der Waals surface area contributed by atoms with Crippen LogP contribution in [-0.4, -0.2) is 39.9 Å². The zero-order chi connectivity index (χ0) is 28.3. The lowest BCUT2D eigenvalue weighted by Crippen LogP contribution is -2.53. The Balaban J connectivity index is 1.45. The van der Waals surface area contributed by atoms with Crippen LogP contribution in [0.4, 0.5) is 11.4 Å². The highest BCUT2D eigenvalue weighted by atomic mass is 16.5. The first-order chi connectivity index (χ1) is 19.1. The largest absolute Gasteiger partial charge is 0.504 e. The van der Waals surface area contributed by atoms with Crippen LogP contribution in [0, 0.1) is 11.8 Å². The number of esters is 1. The molecule has 6 rings (SSSR count). The van der Waals surface area contributed by atoms with Crippen LogP contribution < -0.4 is 20.3 Å². The molecule has 3 aromatic carbocycles. The summed E-state index contributed by atoms with van der Waals surface area (Å²) < 4.78 is 5.08. The van der Waals surface area contributed by atoms with E-state index in [1.165, 1.54) is 43.3 Å². The van der Waals surface area contributed by atoms with Crippen molar-refractivity contribution in [3.8, 4) is 17.2 Å². The highest BCUT2D eigenvalue weighted by Gasteiger charge is 2.70. The first-order valence-electron chi connectivity index (χ1n) is 13.0. The maximum atomic E-state index is 14.2. The zero-order valence-corrected chi connectivity index (χ0v) is 21.8.